The molecule has 1 aliphatic rings. The van der Waals surface area contributed by atoms with Gasteiger partial charge in [-0.15, -0.1) is 0 Å². The maximum Gasteiger partial charge on any atom is 0.141 e. The topological polar surface area (TPSA) is 88.6 Å². The van der Waals surface area contributed by atoms with Gasteiger partial charge in [-0.25, -0.2) is 0 Å². The van der Waals surface area contributed by atoms with Crippen LogP contribution in [0.15, 0.2) is 6.20 Å². The van der Waals surface area contributed by atoms with Gasteiger partial charge in [0.2, 0.25) is 0 Å². The fourth-order valence-corrected chi connectivity index (χ4v) is 2.46. The quantitative estimate of drug-likeness (QED) is 0.747. The predicted octanol–water partition coefficient (Wildman–Crippen LogP) is 1.01. The molecule has 2 heterocycles. The Morgan fingerprint density at radius 1 is 1.50 bits per heavy atom. The number of aromatic hydroxyl groups is 1. The molecule has 1 atom stereocenters. The Morgan fingerprint density at radius 2 is 2.17 bits per heavy atom. The lowest BCUT2D eigenvalue weighted by Crippen LogP contribution is -2.28. The molecule has 0 unspecified atom stereocenters. The normalized spacial score (nSPS) is 18.8. The molecule has 0 aromatic carbocycles. The SMILES string of the molecule is Cc1ncc(CO)c([C@H](N)C2CCOCC2)c1O. The number of aliphatic hydroxyl groups excluding tert-OH is 1. The number of hydrogen-bond donors (Lipinski definition) is 3. The number of hydrogen-bond acceptors (Lipinski definition) is 5. The Kier molecular flexibility index (Phi) is 4.16. The average Bonchev–Trinajstić information content (AvgIpc) is 2.42. The van der Waals surface area contributed by atoms with Gasteiger partial charge in [0.15, 0.2) is 0 Å². The van der Waals surface area contributed by atoms with E-state index in [9.17, 15) is 10.2 Å². The Morgan fingerprint density at radius 3 is 2.78 bits per heavy atom. The molecule has 5 nitrogen and oxygen atoms in total. The van der Waals surface area contributed by atoms with Crippen molar-refractivity contribution >= 4 is 0 Å². The summed E-state index contributed by atoms with van der Waals surface area (Å²) in [6.07, 6.45) is 3.35. The lowest BCUT2D eigenvalue weighted by Gasteiger charge is -2.29. The van der Waals surface area contributed by atoms with Gasteiger partial charge in [0.05, 0.1) is 12.3 Å². The van der Waals surface area contributed by atoms with Crippen molar-refractivity contribution < 1.29 is 14.9 Å². The molecule has 5 heteroatoms. The van der Waals surface area contributed by atoms with Crippen molar-refractivity contribution in [2.24, 2.45) is 11.7 Å². The summed E-state index contributed by atoms with van der Waals surface area (Å²) in [7, 11) is 0. The van der Waals surface area contributed by atoms with Crippen molar-refractivity contribution in [1.29, 1.82) is 0 Å². The third-order valence-electron chi connectivity index (χ3n) is 3.64. The van der Waals surface area contributed by atoms with Gasteiger partial charge in [0.25, 0.3) is 0 Å². The first-order valence-electron chi connectivity index (χ1n) is 6.26. The first kappa shape index (κ1) is 13.3. The first-order valence-corrected chi connectivity index (χ1v) is 6.26. The van der Waals surface area contributed by atoms with Crippen molar-refractivity contribution in [2.45, 2.75) is 32.4 Å². The molecular formula is C13H20N2O3. The van der Waals surface area contributed by atoms with Crippen LogP contribution in [0.1, 0.15) is 35.7 Å². The molecule has 0 saturated carbocycles. The number of nitrogens with two attached hydrogens (primary N) is 1. The second-order valence-corrected chi connectivity index (χ2v) is 4.76. The number of rotatable bonds is 3. The zero-order valence-electron chi connectivity index (χ0n) is 10.6. The van der Waals surface area contributed by atoms with Crippen LogP contribution in [0.25, 0.3) is 0 Å². The summed E-state index contributed by atoms with van der Waals surface area (Å²) in [6.45, 7) is 2.99. The van der Waals surface area contributed by atoms with Crippen LogP contribution in [0.2, 0.25) is 0 Å². The molecule has 0 spiro atoms. The highest BCUT2D eigenvalue weighted by Crippen LogP contribution is 2.36. The number of pyridine rings is 1. The number of aliphatic hydroxyl groups is 1. The molecule has 1 aromatic rings. The standard InChI is InChI=1S/C13H20N2O3/c1-8-13(17)11(10(7-16)6-15-8)12(14)9-2-4-18-5-3-9/h6,9,12,16-17H,2-5,7,14H2,1H3/t12-/m1/s1. The summed E-state index contributed by atoms with van der Waals surface area (Å²) in [5.74, 6) is 0.386. The molecule has 18 heavy (non-hydrogen) atoms. The second kappa shape index (κ2) is 5.65. The van der Waals surface area contributed by atoms with E-state index in [4.69, 9.17) is 10.5 Å². The summed E-state index contributed by atoms with van der Waals surface area (Å²) in [5.41, 5.74) is 8.05. The van der Waals surface area contributed by atoms with E-state index in [1.165, 1.54) is 0 Å². The molecule has 2 rings (SSSR count). The van der Waals surface area contributed by atoms with Gasteiger partial charge in [0.1, 0.15) is 5.75 Å². The molecule has 1 aliphatic heterocycles. The largest absolute Gasteiger partial charge is 0.506 e. The van der Waals surface area contributed by atoms with Crippen LogP contribution in [0.3, 0.4) is 0 Å². The van der Waals surface area contributed by atoms with E-state index < -0.39 is 0 Å². The van der Waals surface area contributed by atoms with Gasteiger partial charge < -0.3 is 20.7 Å². The van der Waals surface area contributed by atoms with Crippen molar-refractivity contribution in [2.75, 3.05) is 13.2 Å². The molecule has 1 aromatic heterocycles. The van der Waals surface area contributed by atoms with E-state index in [1.807, 2.05) is 0 Å². The Balaban J connectivity index is 2.32. The minimum Gasteiger partial charge on any atom is -0.506 e. The third kappa shape index (κ3) is 2.48. The number of aromatic nitrogens is 1. The summed E-state index contributed by atoms with van der Waals surface area (Å²) < 4.78 is 5.32. The maximum atomic E-state index is 10.1. The maximum absolute atomic E-state index is 10.1. The van der Waals surface area contributed by atoms with E-state index >= 15 is 0 Å². The zero-order valence-corrected chi connectivity index (χ0v) is 10.6. The second-order valence-electron chi connectivity index (χ2n) is 4.76. The summed E-state index contributed by atoms with van der Waals surface area (Å²) in [5, 5.41) is 19.5. The van der Waals surface area contributed by atoms with Crippen LogP contribution in [-0.2, 0) is 11.3 Å². The molecule has 0 radical (unpaired) electrons. The lowest BCUT2D eigenvalue weighted by atomic mass is 9.85. The van der Waals surface area contributed by atoms with Gasteiger partial charge in [-0.3, -0.25) is 4.98 Å². The molecule has 0 bridgehead atoms. The molecule has 100 valence electrons. The van der Waals surface area contributed by atoms with E-state index in [0.29, 0.717) is 30.0 Å². The van der Waals surface area contributed by atoms with Crippen molar-refractivity contribution in [1.82, 2.24) is 4.98 Å². The summed E-state index contributed by atoms with van der Waals surface area (Å²) >= 11 is 0. The molecule has 1 saturated heterocycles. The highest BCUT2D eigenvalue weighted by molar-refractivity contribution is 5.43. The Labute approximate surface area is 107 Å². The molecule has 1 fully saturated rings. The number of ether oxygens (including phenoxy) is 1. The molecule has 0 aliphatic carbocycles. The zero-order chi connectivity index (χ0) is 13.1. The Bertz CT molecular complexity index is 417. The van der Waals surface area contributed by atoms with Crippen LogP contribution in [0, 0.1) is 12.8 Å². The minimum atomic E-state index is -0.280. The van der Waals surface area contributed by atoms with Crippen LogP contribution >= 0.6 is 0 Å². The van der Waals surface area contributed by atoms with Gasteiger partial charge in [-0.1, -0.05) is 0 Å². The minimum absolute atomic E-state index is 0.112. The smallest absolute Gasteiger partial charge is 0.141 e. The van der Waals surface area contributed by atoms with Crippen molar-refractivity contribution in [3.63, 3.8) is 0 Å². The Hall–Kier alpha value is -1.17. The lowest BCUT2D eigenvalue weighted by molar-refractivity contribution is 0.0578. The predicted molar refractivity (Wildman–Crippen MR) is 67.0 cm³/mol. The van der Waals surface area contributed by atoms with Gasteiger partial charge in [0, 0.05) is 36.6 Å². The molecule has 0 amide bonds. The summed E-state index contributed by atoms with van der Waals surface area (Å²) in [4.78, 5) is 4.05. The van der Waals surface area contributed by atoms with E-state index in [-0.39, 0.29) is 24.3 Å². The van der Waals surface area contributed by atoms with Crippen molar-refractivity contribution in [3.8, 4) is 5.75 Å². The molecule has 4 N–H and O–H groups in total. The first-order chi connectivity index (χ1) is 8.65. The third-order valence-corrected chi connectivity index (χ3v) is 3.64. The van der Waals surface area contributed by atoms with E-state index in [1.54, 1.807) is 13.1 Å². The van der Waals surface area contributed by atoms with Gasteiger partial charge in [-0.05, 0) is 25.7 Å². The van der Waals surface area contributed by atoms with Gasteiger partial charge >= 0.3 is 0 Å². The van der Waals surface area contributed by atoms with E-state index in [0.717, 1.165) is 12.8 Å². The average molecular weight is 252 g/mol. The van der Waals surface area contributed by atoms with Crippen LogP contribution < -0.4 is 5.73 Å². The van der Waals surface area contributed by atoms with E-state index in [2.05, 4.69) is 4.98 Å². The fraction of sp³-hybridized carbons (Fsp3) is 0.615. The van der Waals surface area contributed by atoms with Crippen LogP contribution in [0.5, 0.6) is 5.75 Å². The van der Waals surface area contributed by atoms with Crippen LogP contribution in [-0.4, -0.2) is 28.4 Å². The fourth-order valence-electron chi connectivity index (χ4n) is 2.46. The van der Waals surface area contributed by atoms with Gasteiger partial charge in [-0.2, -0.15) is 0 Å². The van der Waals surface area contributed by atoms with Crippen molar-refractivity contribution in [3.05, 3.63) is 23.0 Å². The highest BCUT2D eigenvalue weighted by atomic mass is 16.5. The molecular weight excluding hydrogens is 232 g/mol. The number of nitrogens with zero attached hydrogens (tertiary/aromatic N) is 1. The highest BCUT2D eigenvalue weighted by Gasteiger charge is 2.27. The van der Waals surface area contributed by atoms with Crippen LogP contribution in [0.4, 0.5) is 0 Å². The monoisotopic (exact) mass is 252 g/mol. The number of aryl methyl sites for hydroxylation is 1. The summed E-state index contributed by atoms with van der Waals surface area (Å²) in [6, 6.07) is -0.280.